The molecule has 1 atom stereocenters. The van der Waals surface area contributed by atoms with Gasteiger partial charge < -0.3 is 14.7 Å². The maximum absolute atomic E-state index is 13.4. The summed E-state index contributed by atoms with van der Waals surface area (Å²) >= 11 is 0. The Morgan fingerprint density at radius 2 is 2.36 bits per heavy atom. The maximum atomic E-state index is 13.4. The standard InChI is InChI=1S/C14H15FN4O3/c1-22-11-6-9(2-3-10(11)15)13(20)19-5-4-14(21,8-19)12-7-16-18-17-12/h2-3,6-7,21H,4-5,8H2,1H3,(H,16,17,18)/t14-/m0/s1. The van der Waals surface area contributed by atoms with Gasteiger partial charge in [0.2, 0.25) is 0 Å². The van der Waals surface area contributed by atoms with Gasteiger partial charge in [-0.1, -0.05) is 0 Å². The number of halogens is 1. The number of amides is 1. The molecule has 1 aliphatic heterocycles. The number of aromatic nitrogens is 3. The van der Waals surface area contributed by atoms with E-state index in [1.807, 2.05) is 0 Å². The molecule has 2 aromatic rings. The van der Waals surface area contributed by atoms with Crippen molar-refractivity contribution in [2.75, 3.05) is 20.2 Å². The van der Waals surface area contributed by atoms with E-state index in [4.69, 9.17) is 4.74 Å². The SMILES string of the molecule is COc1cc(C(=O)N2CC[C@@](O)(c3cn[nH]n3)C2)ccc1F. The minimum atomic E-state index is -1.22. The van der Waals surface area contributed by atoms with Crippen molar-refractivity contribution in [1.29, 1.82) is 0 Å². The van der Waals surface area contributed by atoms with E-state index in [0.717, 1.165) is 0 Å². The highest BCUT2D eigenvalue weighted by molar-refractivity contribution is 5.94. The van der Waals surface area contributed by atoms with Gasteiger partial charge in [0.15, 0.2) is 11.6 Å². The second-order valence-corrected chi connectivity index (χ2v) is 5.21. The molecular formula is C14H15FN4O3. The minimum absolute atomic E-state index is 0.0109. The highest BCUT2D eigenvalue weighted by atomic mass is 19.1. The third-order valence-electron chi connectivity index (χ3n) is 3.82. The molecule has 2 N–H and O–H groups in total. The van der Waals surface area contributed by atoms with E-state index in [1.165, 1.54) is 36.4 Å². The van der Waals surface area contributed by atoms with Crippen LogP contribution in [0.1, 0.15) is 22.5 Å². The molecule has 22 heavy (non-hydrogen) atoms. The van der Waals surface area contributed by atoms with E-state index in [-0.39, 0.29) is 18.2 Å². The van der Waals surface area contributed by atoms with Crippen molar-refractivity contribution < 1.29 is 19.0 Å². The van der Waals surface area contributed by atoms with Crippen LogP contribution in [-0.4, -0.2) is 51.5 Å². The van der Waals surface area contributed by atoms with Crippen molar-refractivity contribution in [3.05, 3.63) is 41.5 Å². The fraction of sp³-hybridized carbons (Fsp3) is 0.357. The molecule has 0 bridgehead atoms. The molecule has 7 nitrogen and oxygen atoms in total. The van der Waals surface area contributed by atoms with Gasteiger partial charge in [-0.2, -0.15) is 15.4 Å². The van der Waals surface area contributed by atoms with Crippen LogP contribution < -0.4 is 4.74 Å². The number of carbonyl (C=O) groups excluding carboxylic acids is 1. The Kier molecular flexibility index (Phi) is 3.53. The number of hydrogen-bond acceptors (Lipinski definition) is 5. The lowest BCUT2D eigenvalue weighted by molar-refractivity contribution is 0.0382. The highest BCUT2D eigenvalue weighted by Gasteiger charge is 2.41. The number of benzene rings is 1. The van der Waals surface area contributed by atoms with Gasteiger partial charge >= 0.3 is 0 Å². The van der Waals surface area contributed by atoms with Gasteiger partial charge in [-0.25, -0.2) is 4.39 Å². The van der Waals surface area contributed by atoms with E-state index < -0.39 is 11.4 Å². The zero-order valence-electron chi connectivity index (χ0n) is 11.9. The number of nitrogens with one attached hydrogen (secondary N) is 1. The first-order valence-corrected chi connectivity index (χ1v) is 6.75. The zero-order chi connectivity index (χ0) is 15.7. The van der Waals surface area contributed by atoms with Gasteiger partial charge in [-0.3, -0.25) is 4.79 Å². The average molecular weight is 306 g/mol. The molecule has 1 aromatic heterocycles. The van der Waals surface area contributed by atoms with E-state index in [2.05, 4.69) is 15.4 Å². The Hall–Kier alpha value is -2.48. The lowest BCUT2D eigenvalue weighted by atomic mass is 10.00. The van der Waals surface area contributed by atoms with Crippen LogP contribution in [-0.2, 0) is 5.60 Å². The Morgan fingerprint density at radius 1 is 1.55 bits per heavy atom. The summed E-state index contributed by atoms with van der Waals surface area (Å²) in [6.07, 6.45) is 1.80. The number of methoxy groups -OCH3 is 1. The van der Waals surface area contributed by atoms with E-state index in [0.29, 0.717) is 24.2 Å². The first kappa shape index (κ1) is 14.5. The number of hydrogen-bond donors (Lipinski definition) is 2. The number of nitrogens with zero attached hydrogens (tertiary/aromatic N) is 3. The summed E-state index contributed by atoms with van der Waals surface area (Å²) < 4.78 is 18.3. The fourth-order valence-electron chi connectivity index (χ4n) is 2.58. The number of rotatable bonds is 3. The summed E-state index contributed by atoms with van der Waals surface area (Å²) in [5, 5.41) is 20.6. The lowest BCUT2D eigenvalue weighted by Gasteiger charge is -2.21. The third kappa shape index (κ3) is 2.41. The summed E-state index contributed by atoms with van der Waals surface area (Å²) in [6.45, 7) is 0.486. The molecule has 1 saturated heterocycles. The van der Waals surface area contributed by atoms with Crippen LogP contribution in [0.15, 0.2) is 24.4 Å². The van der Waals surface area contributed by atoms with Gasteiger partial charge in [0, 0.05) is 18.5 Å². The van der Waals surface area contributed by atoms with E-state index in [9.17, 15) is 14.3 Å². The quantitative estimate of drug-likeness (QED) is 0.870. The molecular weight excluding hydrogens is 291 g/mol. The predicted molar refractivity (Wildman–Crippen MR) is 73.8 cm³/mol. The van der Waals surface area contributed by atoms with Crippen LogP contribution >= 0.6 is 0 Å². The molecule has 2 heterocycles. The summed E-state index contributed by atoms with van der Waals surface area (Å²) in [5.74, 6) is -0.811. The fourth-order valence-corrected chi connectivity index (χ4v) is 2.58. The van der Waals surface area contributed by atoms with Gasteiger partial charge in [-0.15, -0.1) is 0 Å². The second kappa shape index (κ2) is 5.38. The number of likely N-dealkylation sites (tertiary alicyclic amines) is 1. The molecule has 0 aliphatic carbocycles. The molecule has 1 amide bonds. The van der Waals surface area contributed by atoms with Crippen LogP contribution in [0, 0.1) is 5.82 Å². The van der Waals surface area contributed by atoms with Crippen LogP contribution in [0.4, 0.5) is 4.39 Å². The molecule has 1 aromatic carbocycles. The highest BCUT2D eigenvalue weighted by Crippen LogP contribution is 2.31. The van der Waals surface area contributed by atoms with Crippen LogP contribution in [0.2, 0.25) is 0 Å². The second-order valence-electron chi connectivity index (χ2n) is 5.21. The summed E-state index contributed by atoms with van der Waals surface area (Å²) in [7, 11) is 1.34. The van der Waals surface area contributed by atoms with Crippen molar-refractivity contribution in [2.24, 2.45) is 0 Å². The van der Waals surface area contributed by atoms with E-state index in [1.54, 1.807) is 0 Å². The predicted octanol–water partition coefficient (Wildman–Crippen LogP) is 0.686. The van der Waals surface area contributed by atoms with Crippen molar-refractivity contribution in [3.63, 3.8) is 0 Å². The van der Waals surface area contributed by atoms with Crippen molar-refractivity contribution in [3.8, 4) is 5.75 Å². The Bertz CT molecular complexity index is 691. The van der Waals surface area contributed by atoms with E-state index >= 15 is 0 Å². The zero-order valence-corrected chi connectivity index (χ0v) is 11.9. The molecule has 1 fully saturated rings. The number of carbonyl (C=O) groups is 1. The van der Waals surface area contributed by atoms with Gasteiger partial charge in [0.05, 0.1) is 19.9 Å². The molecule has 0 radical (unpaired) electrons. The maximum Gasteiger partial charge on any atom is 0.254 e. The number of H-pyrrole nitrogens is 1. The monoisotopic (exact) mass is 306 g/mol. The van der Waals surface area contributed by atoms with Crippen molar-refractivity contribution in [2.45, 2.75) is 12.0 Å². The van der Waals surface area contributed by atoms with Crippen LogP contribution in [0.3, 0.4) is 0 Å². The molecule has 0 spiro atoms. The number of aromatic amines is 1. The van der Waals surface area contributed by atoms with Crippen molar-refractivity contribution in [1.82, 2.24) is 20.3 Å². The summed E-state index contributed by atoms with van der Waals surface area (Å²) in [6, 6.07) is 3.94. The average Bonchev–Trinajstić information content (AvgIpc) is 3.17. The van der Waals surface area contributed by atoms with Gasteiger partial charge in [-0.05, 0) is 18.2 Å². The van der Waals surface area contributed by atoms with Gasteiger partial charge in [0.1, 0.15) is 11.3 Å². The topological polar surface area (TPSA) is 91.3 Å². The first-order chi connectivity index (χ1) is 10.5. The molecule has 8 heteroatoms. The molecule has 116 valence electrons. The van der Waals surface area contributed by atoms with Crippen molar-refractivity contribution >= 4 is 5.91 Å². The number of ether oxygens (including phenoxy) is 1. The largest absolute Gasteiger partial charge is 0.494 e. The van der Waals surface area contributed by atoms with Gasteiger partial charge in [0.25, 0.3) is 5.91 Å². The van der Waals surface area contributed by atoms with Crippen LogP contribution in [0.5, 0.6) is 5.75 Å². The molecule has 0 saturated carbocycles. The van der Waals surface area contributed by atoms with Crippen LogP contribution in [0.25, 0.3) is 0 Å². The Balaban J connectivity index is 1.80. The number of aliphatic hydroxyl groups is 1. The molecule has 1 aliphatic rings. The summed E-state index contributed by atoms with van der Waals surface area (Å²) in [4.78, 5) is 14.0. The third-order valence-corrected chi connectivity index (χ3v) is 3.82. The Labute approximate surface area is 125 Å². The molecule has 3 rings (SSSR count). The smallest absolute Gasteiger partial charge is 0.254 e. The number of β-amino-alcohol motifs (C(OH)–C–C–N with tert-alkyl or cyclic N) is 1. The lowest BCUT2D eigenvalue weighted by Crippen LogP contribution is -2.34. The summed E-state index contributed by atoms with van der Waals surface area (Å²) in [5.41, 5.74) is -0.505. The minimum Gasteiger partial charge on any atom is -0.494 e. The Morgan fingerprint density at radius 3 is 3.05 bits per heavy atom. The normalized spacial score (nSPS) is 21.1. The first-order valence-electron chi connectivity index (χ1n) is 6.75. The molecule has 0 unspecified atom stereocenters.